The van der Waals surface area contributed by atoms with Gasteiger partial charge in [-0.1, -0.05) is 13.8 Å². The number of hydrogen-bond acceptors (Lipinski definition) is 3. The van der Waals surface area contributed by atoms with Crippen LogP contribution in [-0.2, 0) is 0 Å². The first kappa shape index (κ1) is 14.3. The monoisotopic (exact) mass is 244 g/mol. The van der Waals surface area contributed by atoms with E-state index in [1.807, 2.05) is 11.8 Å². The maximum Gasteiger partial charge on any atom is 0.00104 e. The van der Waals surface area contributed by atoms with Gasteiger partial charge < -0.3 is 10.2 Å². The molecule has 0 amide bonds. The van der Waals surface area contributed by atoms with Crippen LogP contribution < -0.4 is 5.32 Å². The molecule has 0 aromatic heterocycles. The highest BCUT2D eigenvalue weighted by atomic mass is 32.2. The predicted molar refractivity (Wildman–Crippen MR) is 75.3 cm³/mol. The summed E-state index contributed by atoms with van der Waals surface area (Å²) in [6.45, 7) is 9.63. The second-order valence-electron chi connectivity index (χ2n) is 5.19. The van der Waals surface area contributed by atoms with Gasteiger partial charge in [-0.25, -0.2) is 0 Å². The molecule has 1 fully saturated rings. The minimum absolute atomic E-state index is 0.639. The highest BCUT2D eigenvalue weighted by molar-refractivity contribution is 7.98. The number of nitrogens with one attached hydrogen (secondary N) is 1. The lowest BCUT2D eigenvalue weighted by Crippen LogP contribution is -2.39. The largest absolute Gasteiger partial charge is 0.314 e. The molecule has 0 aromatic carbocycles. The highest BCUT2D eigenvalue weighted by Crippen LogP contribution is 2.16. The zero-order valence-electron chi connectivity index (χ0n) is 11.2. The number of piperidine rings is 1. The van der Waals surface area contributed by atoms with E-state index in [1.54, 1.807) is 0 Å². The van der Waals surface area contributed by atoms with Crippen LogP contribution in [0.3, 0.4) is 0 Å². The molecule has 3 heteroatoms. The fraction of sp³-hybridized carbons (Fsp3) is 1.00. The molecule has 0 spiro atoms. The summed E-state index contributed by atoms with van der Waals surface area (Å²) in [6, 6.07) is 0.639. The third-order valence-electron chi connectivity index (χ3n) is 3.34. The minimum atomic E-state index is 0.639. The predicted octanol–water partition coefficient (Wildman–Crippen LogP) is 2.45. The molecule has 0 aliphatic carbocycles. The van der Waals surface area contributed by atoms with Crippen molar-refractivity contribution in [2.75, 3.05) is 38.2 Å². The average molecular weight is 244 g/mol. The molecule has 0 atom stereocenters. The van der Waals surface area contributed by atoms with Crippen molar-refractivity contribution in [3.05, 3.63) is 0 Å². The third kappa shape index (κ3) is 6.12. The Hall–Kier alpha value is 0.270. The molecule has 1 N–H and O–H groups in total. The Morgan fingerprint density at radius 2 is 2.00 bits per heavy atom. The lowest BCUT2D eigenvalue weighted by molar-refractivity contribution is 0.181. The van der Waals surface area contributed by atoms with Gasteiger partial charge >= 0.3 is 0 Å². The zero-order valence-corrected chi connectivity index (χ0v) is 12.0. The van der Waals surface area contributed by atoms with Gasteiger partial charge in [0.15, 0.2) is 0 Å². The van der Waals surface area contributed by atoms with E-state index >= 15 is 0 Å². The maximum absolute atomic E-state index is 3.56. The Labute approximate surface area is 106 Å². The van der Waals surface area contributed by atoms with Crippen LogP contribution in [0.4, 0.5) is 0 Å². The van der Waals surface area contributed by atoms with Crippen molar-refractivity contribution in [3.63, 3.8) is 0 Å². The molecule has 1 rings (SSSR count). The van der Waals surface area contributed by atoms with Gasteiger partial charge in [-0.3, -0.25) is 0 Å². The quantitative estimate of drug-likeness (QED) is 0.693. The summed E-state index contributed by atoms with van der Waals surface area (Å²) < 4.78 is 0. The lowest BCUT2D eigenvalue weighted by atomic mass is 9.96. The molecule has 16 heavy (non-hydrogen) atoms. The molecule has 1 saturated heterocycles. The van der Waals surface area contributed by atoms with Crippen molar-refractivity contribution in [1.82, 2.24) is 10.2 Å². The standard InChI is InChI=1S/C13H28N2S/c1-12(2)14-11-13-5-8-15(9-6-13)7-4-10-16-3/h12-14H,4-11H2,1-3H3. The molecule has 0 aromatic rings. The summed E-state index contributed by atoms with van der Waals surface area (Å²) in [5.41, 5.74) is 0. The normalized spacial score (nSPS) is 19.5. The van der Waals surface area contributed by atoms with Gasteiger partial charge in [-0.05, 0) is 63.4 Å². The molecule has 0 radical (unpaired) electrons. The van der Waals surface area contributed by atoms with Crippen LogP contribution in [-0.4, -0.2) is 49.1 Å². The summed E-state index contributed by atoms with van der Waals surface area (Å²) in [7, 11) is 0. The molecule has 0 unspecified atom stereocenters. The summed E-state index contributed by atoms with van der Waals surface area (Å²) in [6.07, 6.45) is 6.33. The van der Waals surface area contributed by atoms with Crippen molar-refractivity contribution in [3.8, 4) is 0 Å². The zero-order chi connectivity index (χ0) is 11.8. The molecule has 0 saturated carbocycles. The molecule has 1 aliphatic heterocycles. The topological polar surface area (TPSA) is 15.3 Å². The lowest BCUT2D eigenvalue weighted by Gasteiger charge is -2.32. The third-order valence-corrected chi connectivity index (χ3v) is 4.04. The van der Waals surface area contributed by atoms with E-state index in [1.165, 1.54) is 51.2 Å². The Morgan fingerprint density at radius 3 is 2.56 bits per heavy atom. The van der Waals surface area contributed by atoms with E-state index in [0.717, 1.165) is 5.92 Å². The Balaban J connectivity index is 2.04. The summed E-state index contributed by atoms with van der Waals surface area (Å²) in [4.78, 5) is 2.64. The number of rotatable bonds is 7. The molecular formula is C13H28N2S. The van der Waals surface area contributed by atoms with E-state index in [9.17, 15) is 0 Å². The first-order chi connectivity index (χ1) is 7.72. The van der Waals surface area contributed by atoms with Gasteiger partial charge in [0, 0.05) is 6.04 Å². The first-order valence-electron chi connectivity index (χ1n) is 6.67. The second kappa shape index (κ2) is 8.37. The van der Waals surface area contributed by atoms with Crippen LogP contribution >= 0.6 is 11.8 Å². The van der Waals surface area contributed by atoms with Crippen LogP contribution in [0.2, 0.25) is 0 Å². The molecule has 1 heterocycles. The number of likely N-dealkylation sites (tertiary alicyclic amines) is 1. The van der Waals surface area contributed by atoms with Crippen molar-refractivity contribution in [2.45, 2.75) is 39.2 Å². The fourth-order valence-corrected chi connectivity index (χ4v) is 2.67. The fourth-order valence-electron chi connectivity index (χ4n) is 2.25. The van der Waals surface area contributed by atoms with Crippen molar-refractivity contribution in [2.24, 2.45) is 5.92 Å². The Morgan fingerprint density at radius 1 is 1.31 bits per heavy atom. The summed E-state index contributed by atoms with van der Waals surface area (Å²) >= 11 is 1.97. The van der Waals surface area contributed by atoms with Crippen molar-refractivity contribution in [1.29, 1.82) is 0 Å². The van der Waals surface area contributed by atoms with Crippen LogP contribution in [0.5, 0.6) is 0 Å². The maximum atomic E-state index is 3.56. The summed E-state index contributed by atoms with van der Waals surface area (Å²) in [5, 5.41) is 3.56. The van der Waals surface area contributed by atoms with Gasteiger partial charge in [0.05, 0.1) is 0 Å². The minimum Gasteiger partial charge on any atom is -0.314 e. The number of nitrogens with zero attached hydrogens (tertiary/aromatic N) is 1. The van der Waals surface area contributed by atoms with Gasteiger partial charge in [-0.2, -0.15) is 11.8 Å². The molecule has 1 aliphatic rings. The average Bonchev–Trinajstić information content (AvgIpc) is 2.28. The van der Waals surface area contributed by atoms with Gasteiger partial charge in [0.25, 0.3) is 0 Å². The van der Waals surface area contributed by atoms with E-state index in [4.69, 9.17) is 0 Å². The van der Waals surface area contributed by atoms with Gasteiger partial charge in [-0.15, -0.1) is 0 Å². The number of thioether (sulfide) groups is 1. The van der Waals surface area contributed by atoms with Gasteiger partial charge in [0.1, 0.15) is 0 Å². The van der Waals surface area contributed by atoms with Crippen molar-refractivity contribution < 1.29 is 0 Å². The van der Waals surface area contributed by atoms with E-state index in [0.29, 0.717) is 6.04 Å². The van der Waals surface area contributed by atoms with E-state index < -0.39 is 0 Å². The Kier molecular flexibility index (Phi) is 7.50. The second-order valence-corrected chi connectivity index (χ2v) is 6.18. The van der Waals surface area contributed by atoms with E-state index in [2.05, 4.69) is 30.3 Å². The first-order valence-corrected chi connectivity index (χ1v) is 8.06. The van der Waals surface area contributed by atoms with Crippen LogP contribution in [0.25, 0.3) is 0 Å². The van der Waals surface area contributed by atoms with Gasteiger partial charge in [0.2, 0.25) is 0 Å². The van der Waals surface area contributed by atoms with Crippen LogP contribution in [0.15, 0.2) is 0 Å². The summed E-state index contributed by atoms with van der Waals surface area (Å²) in [5.74, 6) is 2.23. The van der Waals surface area contributed by atoms with Crippen LogP contribution in [0, 0.1) is 5.92 Å². The SMILES string of the molecule is CSCCCN1CCC(CNC(C)C)CC1. The smallest absolute Gasteiger partial charge is 0.00104 e. The van der Waals surface area contributed by atoms with Crippen LogP contribution in [0.1, 0.15) is 33.1 Å². The Bertz CT molecular complexity index is 165. The van der Waals surface area contributed by atoms with Crippen molar-refractivity contribution >= 4 is 11.8 Å². The van der Waals surface area contributed by atoms with E-state index in [-0.39, 0.29) is 0 Å². The highest BCUT2D eigenvalue weighted by Gasteiger charge is 2.18. The molecule has 0 bridgehead atoms. The molecule has 2 nitrogen and oxygen atoms in total. The molecular weight excluding hydrogens is 216 g/mol. The molecule has 96 valence electrons. The number of hydrogen-bond donors (Lipinski definition) is 1.